The lowest BCUT2D eigenvalue weighted by Crippen LogP contribution is -2.40. The molecule has 1 fully saturated rings. The highest BCUT2D eigenvalue weighted by Gasteiger charge is 2.27. The van der Waals surface area contributed by atoms with E-state index in [2.05, 4.69) is 20.8 Å². The van der Waals surface area contributed by atoms with Crippen LogP contribution in [-0.4, -0.2) is 40.1 Å². The Bertz CT molecular complexity index is 839. The van der Waals surface area contributed by atoms with Gasteiger partial charge in [0.1, 0.15) is 0 Å². The molecule has 1 aromatic heterocycles. The number of nitrogens with zero attached hydrogens (tertiary/aromatic N) is 3. The number of carbonyl (C=O) groups excluding carboxylic acids is 2. The van der Waals surface area contributed by atoms with Crippen LogP contribution in [0.25, 0.3) is 0 Å². The Morgan fingerprint density at radius 1 is 1.31 bits per heavy atom. The highest BCUT2D eigenvalue weighted by Crippen LogP contribution is 2.28. The third kappa shape index (κ3) is 3.40. The first-order valence-corrected chi connectivity index (χ1v) is 8.87. The van der Waals surface area contributed by atoms with Crippen molar-refractivity contribution in [3.8, 4) is 0 Å². The van der Waals surface area contributed by atoms with Crippen LogP contribution in [0.4, 0.5) is 16.2 Å². The normalized spacial score (nSPS) is 17.6. The van der Waals surface area contributed by atoms with E-state index in [9.17, 15) is 9.59 Å². The van der Waals surface area contributed by atoms with Crippen LogP contribution in [0.3, 0.4) is 0 Å². The summed E-state index contributed by atoms with van der Waals surface area (Å²) in [7, 11) is 0. The fourth-order valence-electron chi connectivity index (χ4n) is 3.46. The van der Waals surface area contributed by atoms with E-state index in [0.717, 1.165) is 30.5 Å². The Labute approximate surface area is 150 Å². The molecule has 2 aliphatic rings. The van der Waals surface area contributed by atoms with Crippen molar-refractivity contribution in [2.45, 2.75) is 38.5 Å². The molecule has 0 unspecified atom stereocenters. The Morgan fingerprint density at radius 3 is 2.85 bits per heavy atom. The van der Waals surface area contributed by atoms with Gasteiger partial charge in [-0.2, -0.15) is 4.98 Å². The smallest absolute Gasteiger partial charge is 0.321 e. The zero-order chi connectivity index (χ0) is 18.1. The lowest BCUT2D eigenvalue weighted by atomic mass is 9.97. The van der Waals surface area contributed by atoms with E-state index in [0.29, 0.717) is 36.9 Å². The Balaban J connectivity index is 1.36. The molecule has 1 saturated heterocycles. The third-order valence-electron chi connectivity index (χ3n) is 4.93. The monoisotopic (exact) mass is 355 g/mol. The average molecular weight is 355 g/mol. The van der Waals surface area contributed by atoms with Crippen LogP contribution < -0.4 is 10.6 Å². The Morgan fingerprint density at radius 2 is 2.12 bits per heavy atom. The van der Waals surface area contributed by atoms with Crippen molar-refractivity contribution >= 4 is 23.3 Å². The summed E-state index contributed by atoms with van der Waals surface area (Å²) < 4.78 is 5.24. The fourth-order valence-corrected chi connectivity index (χ4v) is 3.46. The van der Waals surface area contributed by atoms with Gasteiger partial charge >= 0.3 is 6.03 Å². The van der Waals surface area contributed by atoms with Gasteiger partial charge in [-0.15, -0.1) is 0 Å². The maximum Gasteiger partial charge on any atom is 0.321 e. The van der Waals surface area contributed by atoms with Gasteiger partial charge in [-0.25, -0.2) is 4.79 Å². The largest absolute Gasteiger partial charge is 0.339 e. The molecule has 3 amide bonds. The average Bonchev–Trinajstić information content (AvgIpc) is 3.08. The maximum atomic E-state index is 12.5. The summed E-state index contributed by atoms with van der Waals surface area (Å²) in [5, 5.41) is 9.60. The molecule has 2 N–H and O–H groups in total. The lowest BCUT2D eigenvalue weighted by molar-refractivity contribution is -0.116. The number of anilines is 2. The number of benzene rings is 1. The number of likely N-dealkylation sites (tertiary alicyclic amines) is 1. The highest BCUT2D eigenvalue weighted by atomic mass is 16.5. The summed E-state index contributed by atoms with van der Waals surface area (Å²) in [5.41, 5.74) is 2.56. The van der Waals surface area contributed by atoms with E-state index in [1.165, 1.54) is 0 Å². The molecule has 1 aromatic carbocycles. The number of hydrogen-bond donors (Lipinski definition) is 2. The van der Waals surface area contributed by atoms with Crippen LogP contribution in [-0.2, 0) is 11.2 Å². The summed E-state index contributed by atoms with van der Waals surface area (Å²) in [4.78, 5) is 30.1. The van der Waals surface area contributed by atoms with E-state index in [4.69, 9.17) is 4.52 Å². The minimum absolute atomic E-state index is 0.0133. The number of rotatable bonds is 2. The molecule has 0 spiro atoms. The Kier molecular flexibility index (Phi) is 4.32. The summed E-state index contributed by atoms with van der Waals surface area (Å²) in [5.74, 6) is 1.52. The molecule has 26 heavy (non-hydrogen) atoms. The predicted octanol–water partition coefficient (Wildman–Crippen LogP) is 2.67. The first-order valence-electron chi connectivity index (χ1n) is 8.87. The van der Waals surface area contributed by atoms with Gasteiger partial charge in [-0.1, -0.05) is 11.2 Å². The lowest BCUT2D eigenvalue weighted by Gasteiger charge is -2.30. The number of piperidine rings is 1. The number of aromatic nitrogens is 2. The van der Waals surface area contributed by atoms with Crippen molar-refractivity contribution in [3.05, 3.63) is 35.5 Å². The molecule has 3 heterocycles. The summed E-state index contributed by atoms with van der Waals surface area (Å²) in [6.45, 7) is 3.08. The van der Waals surface area contributed by atoms with Gasteiger partial charge in [-0.05, 0) is 43.9 Å². The molecule has 0 aliphatic carbocycles. The van der Waals surface area contributed by atoms with E-state index in [1.54, 1.807) is 11.8 Å². The zero-order valence-electron chi connectivity index (χ0n) is 14.6. The molecule has 0 radical (unpaired) electrons. The van der Waals surface area contributed by atoms with Crippen LogP contribution >= 0.6 is 0 Å². The molecule has 4 rings (SSSR count). The SMILES string of the molecule is Cc1noc(C2CCN(C(=O)Nc3ccc4c(c3)NC(=O)CC4)CC2)n1. The molecule has 0 bridgehead atoms. The molecule has 8 nitrogen and oxygen atoms in total. The third-order valence-corrected chi connectivity index (χ3v) is 4.93. The molecule has 8 heteroatoms. The van der Waals surface area contributed by atoms with E-state index in [-0.39, 0.29) is 17.9 Å². The number of nitrogens with one attached hydrogen (secondary N) is 2. The fraction of sp³-hybridized carbons (Fsp3) is 0.444. The van der Waals surface area contributed by atoms with Gasteiger partial charge in [0.25, 0.3) is 0 Å². The number of carbonyl (C=O) groups is 2. The van der Waals surface area contributed by atoms with Crippen molar-refractivity contribution in [1.82, 2.24) is 15.0 Å². The van der Waals surface area contributed by atoms with Gasteiger partial charge in [0.15, 0.2) is 5.82 Å². The molecular formula is C18H21N5O3. The molecule has 136 valence electrons. The minimum atomic E-state index is -0.132. The van der Waals surface area contributed by atoms with Crippen LogP contribution in [0.1, 0.15) is 42.5 Å². The molecule has 2 aromatic rings. The first-order chi connectivity index (χ1) is 12.6. The van der Waals surface area contributed by atoms with E-state index < -0.39 is 0 Å². The van der Waals surface area contributed by atoms with Crippen molar-refractivity contribution in [2.24, 2.45) is 0 Å². The van der Waals surface area contributed by atoms with Crippen molar-refractivity contribution in [3.63, 3.8) is 0 Å². The summed E-state index contributed by atoms with van der Waals surface area (Å²) in [6.07, 6.45) is 2.84. The summed E-state index contributed by atoms with van der Waals surface area (Å²) >= 11 is 0. The number of fused-ring (bicyclic) bond motifs is 1. The second-order valence-electron chi connectivity index (χ2n) is 6.79. The highest BCUT2D eigenvalue weighted by molar-refractivity contribution is 5.96. The maximum absolute atomic E-state index is 12.5. The topological polar surface area (TPSA) is 100 Å². The second kappa shape index (κ2) is 6.78. The second-order valence-corrected chi connectivity index (χ2v) is 6.79. The standard InChI is InChI=1S/C18H21N5O3/c1-11-19-17(26-22-11)13-6-8-23(9-7-13)18(25)20-14-4-2-12-3-5-16(24)21-15(12)10-14/h2,4,10,13H,3,5-9H2,1H3,(H,20,25)(H,21,24). The van der Waals surface area contributed by atoms with Gasteiger partial charge < -0.3 is 20.1 Å². The van der Waals surface area contributed by atoms with Gasteiger partial charge in [0.05, 0.1) is 0 Å². The molecule has 0 atom stereocenters. The van der Waals surface area contributed by atoms with Crippen molar-refractivity contribution < 1.29 is 14.1 Å². The number of amides is 3. The number of aryl methyl sites for hydroxylation is 2. The van der Waals surface area contributed by atoms with Crippen LogP contribution in [0, 0.1) is 6.92 Å². The van der Waals surface area contributed by atoms with Crippen LogP contribution in [0.15, 0.2) is 22.7 Å². The van der Waals surface area contributed by atoms with Crippen molar-refractivity contribution in [1.29, 1.82) is 0 Å². The van der Waals surface area contributed by atoms with Gasteiger partial charge in [0.2, 0.25) is 11.8 Å². The predicted molar refractivity (Wildman–Crippen MR) is 95.0 cm³/mol. The summed E-state index contributed by atoms with van der Waals surface area (Å²) in [6, 6.07) is 5.52. The number of urea groups is 1. The van der Waals surface area contributed by atoms with Crippen LogP contribution in [0.2, 0.25) is 0 Å². The molecule has 0 saturated carbocycles. The van der Waals surface area contributed by atoms with Gasteiger partial charge in [0, 0.05) is 36.8 Å². The molecular weight excluding hydrogens is 334 g/mol. The van der Waals surface area contributed by atoms with E-state index in [1.807, 2.05) is 18.2 Å². The minimum Gasteiger partial charge on any atom is -0.339 e. The molecule has 2 aliphatic heterocycles. The van der Waals surface area contributed by atoms with E-state index >= 15 is 0 Å². The zero-order valence-corrected chi connectivity index (χ0v) is 14.6. The first kappa shape index (κ1) is 16.6. The quantitative estimate of drug-likeness (QED) is 0.862. The van der Waals surface area contributed by atoms with Crippen molar-refractivity contribution in [2.75, 3.05) is 23.7 Å². The van der Waals surface area contributed by atoms with Gasteiger partial charge in [-0.3, -0.25) is 4.79 Å². The number of hydrogen-bond acceptors (Lipinski definition) is 5. The Hall–Kier alpha value is -2.90. The van der Waals surface area contributed by atoms with Crippen LogP contribution in [0.5, 0.6) is 0 Å².